The summed E-state index contributed by atoms with van der Waals surface area (Å²) in [4.78, 5) is 30.0. The van der Waals surface area contributed by atoms with Gasteiger partial charge in [-0.15, -0.1) is 0 Å². The quantitative estimate of drug-likeness (QED) is 0.185. The second kappa shape index (κ2) is 12.8. The van der Waals surface area contributed by atoms with E-state index in [0.717, 1.165) is 10.9 Å². The smallest absolute Gasteiger partial charge is 0.347 e. The number of aromatic nitrogens is 2. The molecule has 0 bridgehead atoms. The third-order valence-electron chi connectivity index (χ3n) is 5.03. The molecule has 0 aliphatic heterocycles. The Morgan fingerprint density at radius 3 is 2.56 bits per heavy atom. The Kier molecular flexibility index (Phi) is 10.1. The van der Waals surface area contributed by atoms with Gasteiger partial charge in [-0.2, -0.15) is 9.78 Å². The molecule has 2 aromatic carbocycles. The Morgan fingerprint density at radius 1 is 1.14 bits per heavy atom. The largest absolute Gasteiger partial charge is 0.490 e. The van der Waals surface area contributed by atoms with E-state index in [2.05, 4.69) is 57.9 Å². The van der Waals surface area contributed by atoms with Gasteiger partial charge in [0.15, 0.2) is 17.6 Å². The first-order chi connectivity index (χ1) is 17.2. The highest BCUT2D eigenvalue weighted by Crippen LogP contribution is 2.43. The van der Waals surface area contributed by atoms with Crippen LogP contribution in [0.3, 0.4) is 0 Å². The van der Waals surface area contributed by atoms with Gasteiger partial charge in [0.05, 0.1) is 34.8 Å². The molecule has 0 aliphatic carbocycles. The maximum Gasteiger partial charge on any atom is 0.347 e. The summed E-state index contributed by atoms with van der Waals surface area (Å²) >= 11 is 10.5. The lowest BCUT2D eigenvalue weighted by Gasteiger charge is -2.19. The minimum atomic E-state index is -0.843. The number of benzene rings is 2. The molecule has 0 saturated heterocycles. The molecule has 192 valence electrons. The highest BCUT2D eigenvalue weighted by Gasteiger charge is 2.23. The third-order valence-corrected chi connectivity index (χ3v) is 7.67. The molecular formula is C25H26Br3N3O5. The van der Waals surface area contributed by atoms with E-state index in [0.29, 0.717) is 55.8 Å². The number of nitrogens with zero attached hydrogens (tertiary/aromatic N) is 3. The number of aryl methyl sites for hydroxylation is 1. The first-order valence-electron chi connectivity index (χ1n) is 11.4. The molecule has 0 fully saturated rings. The Morgan fingerprint density at radius 2 is 1.89 bits per heavy atom. The normalized spacial score (nSPS) is 12.2. The van der Waals surface area contributed by atoms with Gasteiger partial charge >= 0.3 is 5.97 Å². The van der Waals surface area contributed by atoms with Gasteiger partial charge in [0.25, 0.3) is 5.56 Å². The molecule has 0 saturated carbocycles. The summed E-state index contributed by atoms with van der Waals surface area (Å²) in [5, 5.41) is 4.97. The molecule has 1 heterocycles. The van der Waals surface area contributed by atoms with Gasteiger partial charge in [-0.1, -0.05) is 22.9 Å². The molecule has 8 nitrogen and oxygen atoms in total. The molecular weight excluding hydrogens is 662 g/mol. The molecule has 0 radical (unpaired) electrons. The van der Waals surface area contributed by atoms with Gasteiger partial charge in [-0.3, -0.25) is 4.79 Å². The van der Waals surface area contributed by atoms with Crippen molar-refractivity contribution in [2.24, 2.45) is 5.10 Å². The molecule has 1 atom stereocenters. The van der Waals surface area contributed by atoms with E-state index in [9.17, 15) is 9.59 Å². The van der Waals surface area contributed by atoms with Crippen LogP contribution in [0.5, 0.6) is 11.5 Å². The minimum absolute atomic E-state index is 0.255. The second-order valence-corrected chi connectivity index (χ2v) is 10.2. The van der Waals surface area contributed by atoms with Gasteiger partial charge in [-0.05, 0) is 83.3 Å². The topological polar surface area (TPSA) is 92.0 Å². The average molecular weight is 688 g/mol. The number of halogens is 3. The SMILES string of the molecule is CCCc1nc2ccc(Br)cc2c(=O)n1N=Cc1cc(OCC)c(O[C@@H](C)C(=O)OCC)c(Br)c1Br. The molecule has 36 heavy (non-hydrogen) atoms. The average Bonchev–Trinajstić information content (AvgIpc) is 2.85. The molecule has 0 spiro atoms. The van der Waals surface area contributed by atoms with Crippen LogP contribution < -0.4 is 15.0 Å². The van der Waals surface area contributed by atoms with Crippen molar-refractivity contribution in [3.8, 4) is 11.5 Å². The molecule has 11 heteroatoms. The Balaban J connectivity index is 2.08. The number of rotatable bonds is 10. The van der Waals surface area contributed by atoms with Crippen LogP contribution in [0.4, 0.5) is 0 Å². The van der Waals surface area contributed by atoms with Gasteiger partial charge in [0.2, 0.25) is 0 Å². The zero-order chi connectivity index (χ0) is 26.4. The van der Waals surface area contributed by atoms with Crippen molar-refractivity contribution in [3.05, 3.63) is 59.4 Å². The van der Waals surface area contributed by atoms with Crippen molar-refractivity contribution in [2.45, 2.75) is 46.6 Å². The van der Waals surface area contributed by atoms with Crippen LogP contribution in [0.1, 0.15) is 45.5 Å². The van der Waals surface area contributed by atoms with Crippen molar-refractivity contribution >= 4 is 70.9 Å². The van der Waals surface area contributed by atoms with Gasteiger partial charge in [-0.25, -0.2) is 9.78 Å². The zero-order valence-corrected chi connectivity index (χ0v) is 25.1. The highest BCUT2D eigenvalue weighted by molar-refractivity contribution is 9.13. The number of ether oxygens (including phenoxy) is 3. The monoisotopic (exact) mass is 685 g/mol. The van der Waals surface area contributed by atoms with Crippen LogP contribution >= 0.6 is 47.8 Å². The van der Waals surface area contributed by atoms with E-state index in [4.69, 9.17) is 14.2 Å². The fraction of sp³-hybridized carbons (Fsp3) is 0.360. The van der Waals surface area contributed by atoms with Gasteiger partial charge in [0, 0.05) is 20.9 Å². The maximum atomic E-state index is 13.3. The molecule has 3 aromatic rings. The summed E-state index contributed by atoms with van der Waals surface area (Å²) in [5.74, 6) is 0.846. The standard InChI is InChI=1S/C25H26Br3N3O5/c1-5-8-20-30-18-10-9-16(26)12-17(18)24(32)31(20)29-13-15-11-19(34-6-2)23(22(28)21(15)27)36-14(4)25(33)35-7-3/h9-14H,5-8H2,1-4H3/t14-/m0/s1. The zero-order valence-electron chi connectivity index (χ0n) is 20.3. The summed E-state index contributed by atoms with van der Waals surface area (Å²) < 4.78 is 20.0. The van der Waals surface area contributed by atoms with E-state index in [1.54, 1.807) is 32.2 Å². The lowest BCUT2D eigenvalue weighted by molar-refractivity contribution is -0.150. The van der Waals surface area contributed by atoms with Crippen LogP contribution in [-0.4, -0.2) is 41.2 Å². The molecule has 0 N–H and O–H groups in total. The number of fused-ring (bicyclic) bond motifs is 1. The van der Waals surface area contributed by atoms with Crippen molar-refractivity contribution in [2.75, 3.05) is 13.2 Å². The predicted octanol–water partition coefficient (Wildman–Crippen LogP) is 6.25. The van der Waals surface area contributed by atoms with Crippen molar-refractivity contribution < 1.29 is 19.0 Å². The van der Waals surface area contributed by atoms with Crippen LogP contribution in [0, 0.1) is 0 Å². The Hall–Kier alpha value is -2.24. The van der Waals surface area contributed by atoms with E-state index in [-0.39, 0.29) is 12.2 Å². The molecule has 0 amide bonds. The maximum absolute atomic E-state index is 13.3. The van der Waals surface area contributed by atoms with Crippen molar-refractivity contribution in [1.29, 1.82) is 0 Å². The molecule has 0 unspecified atom stereocenters. The van der Waals surface area contributed by atoms with E-state index < -0.39 is 12.1 Å². The van der Waals surface area contributed by atoms with Crippen LogP contribution in [0.25, 0.3) is 10.9 Å². The van der Waals surface area contributed by atoms with E-state index in [1.807, 2.05) is 26.0 Å². The number of esters is 1. The number of hydrogen-bond donors (Lipinski definition) is 0. The predicted molar refractivity (Wildman–Crippen MR) is 150 cm³/mol. The first-order valence-corrected chi connectivity index (χ1v) is 13.8. The third kappa shape index (κ3) is 6.36. The van der Waals surface area contributed by atoms with Crippen molar-refractivity contribution in [3.63, 3.8) is 0 Å². The fourth-order valence-corrected chi connectivity index (χ4v) is 4.65. The summed E-state index contributed by atoms with van der Waals surface area (Å²) in [7, 11) is 0. The fourth-order valence-electron chi connectivity index (χ4n) is 3.37. The van der Waals surface area contributed by atoms with Crippen molar-refractivity contribution in [1.82, 2.24) is 9.66 Å². The lowest BCUT2D eigenvalue weighted by atomic mass is 10.2. The number of carbonyl (C=O) groups excluding carboxylic acids is 1. The first kappa shape index (κ1) is 28.3. The second-order valence-electron chi connectivity index (χ2n) is 7.67. The summed E-state index contributed by atoms with van der Waals surface area (Å²) in [5.41, 5.74) is 0.993. The molecule has 3 rings (SSSR count). The molecule has 0 aliphatic rings. The van der Waals surface area contributed by atoms with E-state index >= 15 is 0 Å². The Labute approximate surface area is 234 Å². The highest BCUT2D eigenvalue weighted by atomic mass is 79.9. The summed E-state index contributed by atoms with van der Waals surface area (Å²) in [6.45, 7) is 7.83. The van der Waals surface area contributed by atoms with Crippen LogP contribution in [-0.2, 0) is 16.0 Å². The number of carbonyl (C=O) groups is 1. The van der Waals surface area contributed by atoms with E-state index in [1.165, 1.54) is 4.68 Å². The summed E-state index contributed by atoms with van der Waals surface area (Å²) in [6.07, 6.45) is 2.11. The van der Waals surface area contributed by atoms with Crippen LogP contribution in [0.15, 0.2) is 47.6 Å². The van der Waals surface area contributed by atoms with Gasteiger partial charge < -0.3 is 14.2 Å². The Bertz CT molecular complexity index is 1360. The lowest BCUT2D eigenvalue weighted by Crippen LogP contribution is -2.26. The summed E-state index contributed by atoms with van der Waals surface area (Å²) in [6, 6.07) is 7.13. The van der Waals surface area contributed by atoms with Gasteiger partial charge in [0.1, 0.15) is 5.82 Å². The van der Waals surface area contributed by atoms with Crippen LogP contribution in [0.2, 0.25) is 0 Å². The minimum Gasteiger partial charge on any atom is -0.490 e. The number of hydrogen-bond acceptors (Lipinski definition) is 7. The molecule has 1 aromatic heterocycles.